The van der Waals surface area contributed by atoms with Crippen molar-refractivity contribution in [3.63, 3.8) is 0 Å². The number of aromatic nitrogens is 4. The van der Waals surface area contributed by atoms with Gasteiger partial charge in [0.25, 0.3) is 11.8 Å². The van der Waals surface area contributed by atoms with E-state index in [0.717, 1.165) is 22.1 Å². The number of rotatable bonds is 2. The highest BCUT2D eigenvalue weighted by Crippen LogP contribution is 2.17. The Kier molecular flexibility index (Phi) is 3.62. The number of nitrogens with zero attached hydrogens (tertiary/aromatic N) is 4. The highest BCUT2D eigenvalue weighted by atomic mass is 16.2. The lowest BCUT2D eigenvalue weighted by Gasteiger charge is -2.06. The number of benzene rings is 3. The second-order valence-corrected chi connectivity index (χ2v) is 6.39. The summed E-state index contributed by atoms with van der Waals surface area (Å²) < 4.78 is 3.02. The van der Waals surface area contributed by atoms with Crippen molar-refractivity contribution >= 4 is 33.9 Å². The van der Waals surface area contributed by atoms with E-state index in [4.69, 9.17) is 0 Å². The lowest BCUT2D eigenvalue weighted by molar-refractivity contribution is 0.0952. The average molecular weight is 366 g/mol. The SMILES string of the molecule is O=C(c1ccc(C(=O)n2cnc3ccccc32)cc1)n1cnc2ccccc21. The molecule has 0 aliphatic rings. The number of imidazole rings is 2. The van der Waals surface area contributed by atoms with Gasteiger partial charge in [-0.3, -0.25) is 18.7 Å². The van der Waals surface area contributed by atoms with Crippen LogP contribution in [-0.4, -0.2) is 30.9 Å². The van der Waals surface area contributed by atoms with Crippen LogP contribution in [0.4, 0.5) is 0 Å². The summed E-state index contributed by atoms with van der Waals surface area (Å²) in [6, 6.07) is 21.5. The van der Waals surface area contributed by atoms with E-state index in [1.54, 1.807) is 24.3 Å². The summed E-state index contributed by atoms with van der Waals surface area (Å²) in [6.45, 7) is 0. The fourth-order valence-corrected chi connectivity index (χ4v) is 3.28. The second-order valence-electron chi connectivity index (χ2n) is 6.39. The topological polar surface area (TPSA) is 69.8 Å². The van der Waals surface area contributed by atoms with E-state index in [1.807, 2.05) is 48.5 Å². The number of carbonyl (C=O) groups is 2. The Morgan fingerprint density at radius 2 is 0.964 bits per heavy atom. The summed E-state index contributed by atoms with van der Waals surface area (Å²) in [6.07, 6.45) is 3.04. The highest BCUT2D eigenvalue weighted by molar-refractivity contribution is 6.04. The number of carbonyl (C=O) groups excluding carboxylic acids is 2. The van der Waals surface area contributed by atoms with Crippen molar-refractivity contribution in [3.8, 4) is 0 Å². The van der Waals surface area contributed by atoms with E-state index >= 15 is 0 Å². The van der Waals surface area contributed by atoms with Crippen molar-refractivity contribution in [3.05, 3.63) is 96.6 Å². The Morgan fingerprint density at radius 3 is 1.39 bits per heavy atom. The highest BCUT2D eigenvalue weighted by Gasteiger charge is 2.15. The van der Waals surface area contributed by atoms with Crippen molar-refractivity contribution in [1.29, 1.82) is 0 Å². The summed E-state index contributed by atoms with van der Waals surface area (Å²) in [4.78, 5) is 34.2. The van der Waals surface area contributed by atoms with E-state index < -0.39 is 0 Å². The zero-order valence-corrected chi connectivity index (χ0v) is 14.7. The normalized spacial score (nSPS) is 11.1. The van der Waals surface area contributed by atoms with Gasteiger partial charge in [-0.25, -0.2) is 9.97 Å². The third-order valence-electron chi connectivity index (χ3n) is 4.72. The smallest absolute Gasteiger partial charge is 0.263 e. The van der Waals surface area contributed by atoms with Gasteiger partial charge in [-0.15, -0.1) is 0 Å². The quantitative estimate of drug-likeness (QED) is 0.477. The van der Waals surface area contributed by atoms with E-state index in [-0.39, 0.29) is 11.8 Å². The fourth-order valence-electron chi connectivity index (χ4n) is 3.28. The molecule has 6 heteroatoms. The maximum absolute atomic E-state index is 12.8. The van der Waals surface area contributed by atoms with Crippen LogP contribution in [0.3, 0.4) is 0 Å². The van der Waals surface area contributed by atoms with Crippen LogP contribution in [0, 0.1) is 0 Å². The molecule has 0 aliphatic carbocycles. The van der Waals surface area contributed by atoms with Gasteiger partial charge in [-0.1, -0.05) is 24.3 Å². The molecule has 0 fully saturated rings. The Labute approximate surface area is 159 Å². The largest absolute Gasteiger partial charge is 0.268 e. The molecule has 0 saturated carbocycles. The molecular formula is C22H14N4O2. The second kappa shape index (κ2) is 6.28. The maximum Gasteiger partial charge on any atom is 0.263 e. The Hall–Kier alpha value is -4.06. The molecule has 0 atom stereocenters. The molecule has 0 unspecified atom stereocenters. The molecule has 0 N–H and O–H groups in total. The van der Waals surface area contributed by atoms with Gasteiger partial charge < -0.3 is 0 Å². The first-order valence-corrected chi connectivity index (χ1v) is 8.76. The lowest BCUT2D eigenvalue weighted by atomic mass is 10.1. The molecule has 6 nitrogen and oxygen atoms in total. The summed E-state index contributed by atoms with van der Waals surface area (Å²) in [5.74, 6) is -0.387. The first-order valence-electron chi connectivity index (χ1n) is 8.76. The van der Waals surface area contributed by atoms with Gasteiger partial charge in [-0.05, 0) is 48.5 Å². The van der Waals surface area contributed by atoms with Gasteiger partial charge in [0, 0.05) is 11.1 Å². The molecule has 2 heterocycles. The van der Waals surface area contributed by atoms with E-state index in [2.05, 4.69) is 9.97 Å². The zero-order chi connectivity index (χ0) is 19.1. The molecule has 0 radical (unpaired) electrons. The monoisotopic (exact) mass is 366 g/mol. The van der Waals surface area contributed by atoms with Crippen LogP contribution >= 0.6 is 0 Å². The zero-order valence-electron chi connectivity index (χ0n) is 14.7. The van der Waals surface area contributed by atoms with E-state index in [9.17, 15) is 9.59 Å². The van der Waals surface area contributed by atoms with Gasteiger partial charge in [0.1, 0.15) is 12.7 Å². The third-order valence-corrected chi connectivity index (χ3v) is 4.72. The number of hydrogen-bond donors (Lipinski definition) is 0. The van der Waals surface area contributed by atoms with Crippen LogP contribution in [-0.2, 0) is 0 Å². The standard InChI is InChI=1S/C22H14N4O2/c27-21(25-13-23-17-5-1-3-7-19(17)25)15-9-11-16(12-10-15)22(28)26-14-24-18-6-2-4-8-20(18)26/h1-14H. The van der Waals surface area contributed by atoms with Crippen molar-refractivity contribution in [2.45, 2.75) is 0 Å². The minimum absolute atomic E-state index is 0.194. The van der Waals surface area contributed by atoms with Gasteiger partial charge in [0.15, 0.2) is 0 Å². The molecular weight excluding hydrogens is 352 g/mol. The van der Waals surface area contributed by atoms with Crippen molar-refractivity contribution in [2.75, 3.05) is 0 Å². The van der Waals surface area contributed by atoms with Gasteiger partial charge in [0.2, 0.25) is 0 Å². The first-order chi connectivity index (χ1) is 13.7. The molecule has 0 amide bonds. The molecule has 5 aromatic rings. The number of para-hydroxylation sites is 4. The average Bonchev–Trinajstić information content (AvgIpc) is 3.37. The summed E-state index contributed by atoms with van der Waals surface area (Å²) in [5, 5.41) is 0. The summed E-state index contributed by atoms with van der Waals surface area (Å²) in [7, 11) is 0. The molecule has 0 aliphatic heterocycles. The van der Waals surface area contributed by atoms with Crippen LogP contribution in [0.15, 0.2) is 85.5 Å². The van der Waals surface area contributed by atoms with Gasteiger partial charge in [0.05, 0.1) is 22.1 Å². The van der Waals surface area contributed by atoms with E-state index in [1.165, 1.54) is 21.8 Å². The molecule has 0 saturated heterocycles. The van der Waals surface area contributed by atoms with Crippen molar-refractivity contribution in [2.24, 2.45) is 0 Å². The molecule has 2 aromatic heterocycles. The van der Waals surface area contributed by atoms with Gasteiger partial charge in [-0.2, -0.15) is 0 Å². The molecule has 0 bridgehead atoms. The van der Waals surface area contributed by atoms with Gasteiger partial charge >= 0.3 is 0 Å². The van der Waals surface area contributed by atoms with Crippen LogP contribution < -0.4 is 0 Å². The van der Waals surface area contributed by atoms with Crippen LogP contribution in [0.5, 0.6) is 0 Å². The Bertz CT molecular complexity index is 1240. The minimum atomic E-state index is -0.194. The van der Waals surface area contributed by atoms with E-state index in [0.29, 0.717) is 11.1 Å². The Morgan fingerprint density at radius 1 is 0.571 bits per heavy atom. The number of hydrogen-bond acceptors (Lipinski definition) is 4. The van der Waals surface area contributed by atoms with Crippen molar-refractivity contribution in [1.82, 2.24) is 19.1 Å². The third kappa shape index (κ3) is 2.51. The number of fused-ring (bicyclic) bond motifs is 2. The summed E-state index contributed by atoms with van der Waals surface area (Å²) in [5.41, 5.74) is 3.98. The fraction of sp³-hybridized carbons (Fsp3) is 0. The summed E-state index contributed by atoms with van der Waals surface area (Å²) >= 11 is 0. The molecule has 134 valence electrons. The van der Waals surface area contributed by atoms with Crippen LogP contribution in [0.25, 0.3) is 22.1 Å². The predicted octanol–water partition coefficient (Wildman–Crippen LogP) is 3.76. The minimum Gasteiger partial charge on any atom is -0.268 e. The molecule has 3 aromatic carbocycles. The van der Waals surface area contributed by atoms with Crippen LogP contribution in [0.2, 0.25) is 0 Å². The predicted molar refractivity (Wildman–Crippen MR) is 105 cm³/mol. The first kappa shape index (κ1) is 16.1. The lowest BCUT2D eigenvalue weighted by Crippen LogP contribution is -2.13. The molecule has 5 rings (SSSR count). The molecule has 0 spiro atoms. The maximum atomic E-state index is 12.8. The Balaban J connectivity index is 1.47. The van der Waals surface area contributed by atoms with Crippen molar-refractivity contribution < 1.29 is 9.59 Å². The molecule has 28 heavy (non-hydrogen) atoms. The van der Waals surface area contributed by atoms with Crippen LogP contribution in [0.1, 0.15) is 20.7 Å².